The second-order valence-electron chi connectivity index (χ2n) is 4.52. The maximum absolute atomic E-state index is 11.9. The van der Waals surface area contributed by atoms with Gasteiger partial charge in [-0.2, -0.15) is 13.2 Å². The summed E-state index contributed by atoms with van der Waals surface area (Å²) < 4.78 is 41.3. The molecule has 1 aromatic heterocycles. The molecule has 1 heterocycles. The van der Waals surface area contributed by atoms with Crippen LogP contribution in [0.1, 0.15) is 12.3 Å². The standard InChI is InChI=1S/C14H12ClF3N2O2/c15-10-3-1-9(2-4-10)11-7-19-13(22-11)6-5-12(21)20-8-14(16,17)18/h1-4,7H,5-6,8H2,(H,20,21). The van der Waals surface area contributed by atoms with E-state index in [1.165, 1.54) is 6.20 Å². The van der Waals surface area contributed by atoms with Crippen molar-refractivity contribution in [3.63, 3.8) is 0 Å². The summed E-state index contributed by atoms with van der Waals surface area (Å²) in [6, 6.07) is 6.90. The molecule has 0 saturated heterocycles. The average molecular weight is 333 g/mol. The molecule has 0 bridgehead atoms. The van der Waals surface area contributed by atoms with E-state index < -0.39 is 18.6 Å². The minimum Gasteiger partial charge on any atom is -0.441 e. The SMILES string of the molecule is O=C(CCc1ncc(-c2ccc(Cl)cc2)o1)NCC(F)(F)F. The monoisotopic (exact) mass is 332 g/mol. The van der Waals surface area contributed by atoms with Gasteiger partial charge in [0.25, 0.3) is 0 Å². The van der Waals surface area contributed by atoms with Gasteiger partial charge in [-0.1, -0.05) is 11.6 Å². The first kappa shape index (κ1) is 16.4. The van der Waals surface area contributed by atoms with E-state index in [-0.39, 0.29) is 18.7 Å². The van der Waals surface area contributed by atoms with E-state index in [9.17, 15) is 18.0 Å². The average Bonchev–Trinajstić information content (AvgIpc) is 2.92. The number of hydrogen-bond acceptors (Lipinski definition) is 3. The van der Waals surface area contributed by atoms with E-state index in [2.05, 4.69) is 4.98 Å². The predicted octanol–water partition coefficient (Wildman–Crippen LogP) is 3.61. The number of carbonyl (C=O) groups excluding carboxylic acids is 1. The van der Waals surface area contributed by atoms with Crippen molar-refractivity contribution in [3.05, 3.63) is 41.4 Å². The molecule has 0 aliphatic carbocycles. The van der Waals surface area contributed by atoms with Gasteiger partial charge >= 0.3 is 6.18 Å². The van der Waals surface area contributed by atoms with Crippen molar-refractivity contribution in [2.24, 2.45) is 0 Å². The summed E-state index contributed by atoms with van der Waals surface area (Å²) >= 11 is 5.78. The molecule has 0 atom stereocenters. The molecule has 118 valence electrons. The van der Waals surface area contributed by atoms with E-state index in [0.717, 1.165) is 5.56 Å². The number of hydrogen-bond donors (Lipinski definition) is 1. The number of rotatable bonds is 5. The third kappa shape index (κ3) is 5.07. The zero-order chi connectivity index (χ0) is 16.2. The number of aryl methyl sites for hydroxylation is 1. The Morgan fingerprint density at radius 1 is 1.27 bits per heavy atom. The Hall–Kier alpha value is -2.02. The summed E-state index contributed by atoms with van der Waals surface area (Å²) in [6.07, 6.45) is -2.93. The summed E-state index contributed by atoms with van der Waals surface area (Å²) in [7, 11) is 0. The van der Waals surface area contributed by atoms with E-state index in [1.807, 2.05) is 0 Å². The Bertz CT molecular complexity index is 638. The summed E-state index contributed by atoms with van der Waals surface area (Å²) in [4.78, 5) is 15.3. The van der Waals surface area contributed by atoms with Crippen LogP contribution in [-0.4, -0.2) is 23.6 Å². The van der Waals surface area contributed by atoms with E-state index in [4.69, 9.17) is 16.0 Å². The fourth-order valence-electron chi connectivity index (χ4n) is 1.68. The van der Waals surface area contributed by atoms with Crippen molar-refractivity contribution in [2.45, 2.75) is 19.0 Å². The maximum atomic E-state index is 11.9. The van der Waals surface area contributed by atoms with Gasteiger partial charge < -0.3 is 9.73 Å². The first-order valence-corrected chi connectivity index (χ1v) is 6.75. The number of nitrogens with one attached hydrogen (secondary N) is 1. The Labute approximate surface area is 129 Å². The zero-order valence-corrected chi connectivity index (χ0v) is 12.0. The van der Waals surface area contributed by atoms with Gasteiger partial charge in [-0.05, 0) is 24.3 Å². The van der Waals surface area contributed by atoms with Gasteiger partial charge in [0.2, 0.25) is 5.91 Å². The molecule has 1 N–H and O–H groups in total. The molecule has 8 heteroatoms. The number of benzene rings is 1. The van der Waals surface area contributed by atoms with Gasteiger partial charge in [0.1, 0.15) is 6.54 Å². The Kier molecular flexibility index (Phi) is 5.07. The molecule has 2 rings (SSSR count). The number of carbonyl (C=O) groups is 1. The van der Waals surface area contributed by atoms with Gasteiger partial charge in [-0.15, -0.1) is 0 Å². The van der Waals surface area contributed by atoms with Crippen molar-refractivity contribution in [3.8, 4) is 11.3 Å². The summed E-state index contributed by atoms with van der Waals surface area (Å²) in [5.41, 5.74) is 0.768. The lowest BCUT2D eigenvalue weighted by molar-refractivity contribution is -0.138. The smallest absolute Gasteiger partial charge is 0.405 e. The largest absolute Gasteiger partial charge is 0.441 e. The lowest BCUT2D eigenvalue weighted by atomic mass is 10.2. The van der Waals surface area contributed by atoms with Crippen LogP contribution in [0.4, 0.5) is 13.2 Å². The molecule has 0 aliphatic heterocycles. The number of oxazole rings is 1. The Morgan fingerprint density at radius 3 is 2.59 bits per heavy atom. The highest BCUT2D eigenvalue weighted by molar-refractivity contribution is 6.30. The first-order chi connectivity index (χ1) is 10.3. The van der Waals surface area contributed by atoms with Gasteiger partial charge in [-0.25, -0.2) is 4.98 Å². The van der Waals surface area contributed by atoms with Gasteiger partial charge in [0, 0.05) is 23.4 Å². The Balaban J connectivity index is 1.87. The Morgan fingerprint density at radius 2 is 1.95 bits per heavy atom. The molecule has 4 nitrogen and oxygen atoms in total. The molecule has 1 amide bonds. The highest BCUT2D eigenvalue weighted by Crippen LogP contribution is 2.22. The first-order valence-electron chi connectivity index (χ1n) is 6.37. The molecule has 0 radical (unpaired) electrons. The molecule has 22 heavy (non-hydrogen) atoms. The summed E-state index contributed by atoms with van der Waals surface area (Å²) in [5, 5.41) is 2.38. The molecular formula is C14H12ClF3N2O2. The van der Waals surface area contributed by atoms with Crippen molar-refractivity contribution in [1.29, 1.82) is 0 Å². The molecule has 0 aliphatic rings. The minimum atomic E-state index is -4.42. The van der Waals surface area contributed by atoms with Crippen LogP contribution in [0.15, 0.2) is 34.9 Å². The molecule has 0 fully saturated rings. The second kappa shape index (κ2) is 6.83. The van der Waals surface area contributed by atoms with Crippen LogP contribution in [0.2, 0.25) is 5.02 Å². The fourth-order valence-corrected chi connectivity index (χ4v) is 1.81. The highest BCUT2D eigenvalue weighted by Gasteiger charge is 2.27. The third-order valence-corrected chi connectivity index (χ3v) is 2.99. The highest BCUT2D eigenvalue weighted by atomic mass is 35.5. The molecule has 0 saturated carbocycles. The van der Waals surface area contributed by atoms with Crippen LogP contribution in [0.25, 0.3) is 11.3 Å². The molecule has 0 unspecified atom stereocenters. The van der Waals surface area contributed by atoms with Gasteiger partial charge in [-0.3, -0.25) is 4.79 Å². The molecular weight excluding hydrogens is 321 g/mol. The summed E-state index contributed by atoms with van der Waals surface area (Å²) in [6.45, 7) is -1.34. The quantitative estimate of drug-likeness (QED) is 0.910. The van der Waals surface area contributed by atoms with Crippen molar-refractivity contribution in [1.82, 2.24) is 10.3 Å². The van der Waals surface area contributed by atoms with E-state index in [0.29, 0.717) is 10.8 Å². The summed E-state index contributed by atoms with van der Waals surface area (Å²) in [5.74, 6) is 0.0815. The number of aromatic nitrogens is 1. The molecule has 2 aromatic rings. The van der Waals surface area contributed by atoms with Gasteiger partial charge in [0.05, 0.1) is 6.20 Å². The van der Waals surface area contributed by atoms with Crippen LogP contribution in [0.3, 0.4) is 0 Å². The topological polar surface area (TPSA) is 55.1 Å². The molecule has 1 aromatic carbocycles. The van der Waals surface area contributed by atoms with Crippen molar-refractivity contribution in [2.75, 3.05) is 6.54 Å². The second-order valence-corrected chi connectivity index (χ2v) is 4.95. The number of halogens is 4. The van der Waals surface area contributed by atoms with E-state index in [1.54, 1.807) is 29.6 Å². The van der Waals surface area contributed by atoms with Crippen molar-refractivity contribution < 1.29 is 22.4 Å². The van der Waals surface area contributed by atoms with Crippen LogP contribution in [0.5, 0.6) is 0 Å². The maximum Gasteiger partial charge on any atom is 0.405 e. The lowest BCUT2D eigenvalue weighted by Gasteiger charge is -2.07. The van der Waals surface area contributed by atoms with E-state index >= 15 is 0 Å². The normalized spacial score (nSPS) is 11.5. The zero-order valence-electron chi connectivity index (χ0n) is 11.3. The van der Waals surface area contributed by atoms with Crippen LogP contribution in [-0.2, 0) is 11.2 Å². The number of amides is 1. The molecule has 0 spiro atoms. The lowest BCUT2D eigenvalue weighted by Crippen LogP contribution is -2.33. The van der Waals surface area contributed by atoms with Crippen LogP contribution >= 0.6 is 11.6 Å². The van der Waals surface area contributed by atoms with Crippen LogP contribution in [0, 0.1) is 0 Å². The van der Waals surface area contributed by atoms with Crippen LogP contribution < -0.4 is 5.32 Å². The van der Waals surface area contributed by atoms with Gasteiger partial charge in [0.15, 0.2) is 11.7 Å². The number of alkyl halides is 3. The fraction of sp³-hybridized carbons (Fsp3) is 0.286. The number of nitrogens with zero attached hydrogens (tertiary/aromatic N) is 1. The minimum absolute atomic E-state index is 0.122. The predicted molar refractivity (Wildman–Crippen MR) is 74.3 cm³/mol. The third-order valence-electron chi connectivity index (χ3n) is 2.73. The van der Waals surface area contributed by atoms with Crippen molar-refractivity contribution >= 4 is 17.5 Å².